The lowest BCUT2D eigenvalue weighted by molar-refractivity contribution is 0.384. The standard InChI is InChI=1S/C13H23N3/c1-14-13(11-4-5-11)12-6-7-16(10-12)9-8-15(2)3/h6-7,10-11,13-14H,4-5,8-9H2,1-3H3. The summed E-state index contributed by atoms with van der Waals surface area (Å²) in [6, 6.07) is 2.83. The first-order valence-electron chi connectivity index (χ1n) is 6.18. The van der Waals surface area contributed by atoms with Crippen molar-refractivity contribution < 1.29 is 0 Å². The molecule has 3 heteroatoms. The topological polar surface area (TPSA) is 20.2 Å². The number of nitrogens with one attached hydrogen (secondary N) is 1. The van der Waals surface area contributed by atoms with Gasteiger partial charge < -0.3 is 14.8 Å². The molecule has 1 heterocycles. The van der Waals surface area contributed by atoms with Crippen molar-refractivity contribution >= 4 is 0 Å². The van der Waals surface area contributed by atoms with Crippen molar-refractivity contribution in [3.05, 3.63) is 24.0 Å². The molecule has 0 amide bonds. The Labute approximate surface area is 98.4 Å². The number of likely N-dealkylation sites (N-methyl/N-ethyl adjacent to an activating group) is 1. The van der Waals surface area contributed by atoms with Gasteiger partial charge in [-0.2, -0.15) is 0 Å². The minimum absolute atomic E-state index is 0.570. The third kappa shape index (κ3) is 2.86. The van der Waals surface area contributed by atoms with Gasteiger partial charge in [0.2, 0.25) is 0 Å². The Balaban J connectivity index is 1.95. The SMILES string of the molecule is CNC(c1ccn(CCN(C)C)c1)C1CC1. The van der Waals surface area contributed by atoms with Crippen LogP contribution in [0.1, 0.15) is 24.4 Å². The first kappa shape index (κ1) is 11.7. The van der Waals surface area contributed by atoms with E-state index < -0.39 is 0 Å². The Bertz CT molecular complexity index is 326. The highest BCUT2D eigenvalue weighted by molar-refractivity contribution is 5.18. The fourth-order valence-electron chi connectivity index (χ4n) is 2.20. The van der Waals surface area contributed by atoms with Gasteiger partial charge in [0.25, 0.3) is 0 Å². The van der Waals surface area contributed by atoms with Crippen LogP contribution in [-0.4, -0.2) is 37.2 Å². The Morgan fingerprint density at radius 1 is 1.50 bits per heavy atom. The largest absolute Gasteiger partial charge is 0.353 e. The fraction of sp³-hybridized carbons (Fsp3) is 0.692. The summed E-state index contributed by atoms with van der Waals surface area (Å²) in [7, 11) is 6.30. The summed E-state index contributed by atoms with van der Waals surface area (Å²) >= 11 is 0. The average molecular weight is 221 g/mol. The van der Waals surface area contributed by atoms with E-state index in [-0.39, 0.29) is 0 Å². The third-order valence-corrected chi connectivity index (χ3v) is 3.34. The van der Waals surface area contributed by atoms with Crippen LogP contribution in [0, 0.1) is 5.92 Å². The van der Waals surface area contributed by atoms with Crippen LogP contribution >= 0.6 is 0 Å². The molecule has 2 rings (SSSR count). The van der Waals surface area contributed by atoms with E-state index in [4.69, 9.17) is 0 Å². The maximum atomic E-state index is 3.43. The minimum atomic E-state index is 0.570. The van der Waals surface area contributed by atoms with Crippen LogP contribution in [0.25, 0.3) is 0 Å². The molecule has 90 valence electrons. The van der Waals surface area contributed by atoms with Gasteiger partial charge in [-0.15, -0.1) is 0 Å². The zero-order valence-corrected chi connectivity index (χ0v) is 10.6. The summed E-state index contributed by atoms with van der Waals surface area (Å²) in [5.41, 5.74) is 1.45. The molecule has 1 unspecified atom stereocenters. The summed E-state index contributed by atoms with van der Waals surface area (Å²) in [6.45, 7) is 2.18. The molecule has 0 aromatic carbocycles. The summed E-state index contributed by atoms with van der Waals surface area (Å²) in [6.07, 6.45) is 7.26. The predicted molar refractivity (Wildman–Crippen MR) is 67.5 cm³/mol. The van der Waals surface area contributed by atoms with Crippen molar-refractivity contribution in [2.45, 2.75) is 25.4 Å². The molecule has 1 aliphatic carbocycles. The molecule has 1 aliphatic rings. The molecule has 3 nitrogen and oxygen atoms in total. The van der Waals surface area contributed by atoms with E-state index in [1.165, 1.54) is 18.4 Å². The van der Waals surface area contributed by atoms with Crippen LogP contribution in [-0.2, 0) is 6.54 Å². The molecule has 0 spiro atoms. The van der Waals surface area contributed by atoms with E-state index in [0.29, 0.717) is 6.04 Å². The van der Waals surface area contributed by atoms with E-state index >= 15 is 0 Å². The van der Waals surface area contributed by atoms with Crippen LogP contribution in [0.2, 0.25) is 0 Å². The second kappa shape index (κ2) is 5.02. The first-order chi connectivity index (χ1) is 7.70. The second-order valence-electron chi connectivity index (χ2n) is 5.09. The van der Waals surface area contributed by atoms with Gasteiger partial charge in [-0.25, -0.2) is 0 Å². The molecule has 1 saturated carbocycles. The smallest absolute Gasteiger partial charge is 0.0361 e. The quantitative estimate of drug-likeness (QED) is 0.789. The molecule has 1 fully saturated rings. The van der Waals surface area contributed by atoms with Crippen LogP contribution in [0.3, 0.4) is 0 Å². The van der Waals surface area contributed by atoms with Gasteiger partial charge in [-0.3, -0.25) is 0 Å². The van der Waals surface area contributed by atoms with Crippen molar-refractivity contribution in [1.82, 2.24) is 14.8 Å². The number of hydrogen-bond acceptors (Lipinski definition) is 2. The number of hydrogen-bond donors (Lipinski definition) is 1. The zero-order valence-electron chi connectivity index (χ0n) is 10.6. The Hall–Kier alpha value is -0.800. The monoisotopic (exact) mass is 221 g/mol. The van der Waals surface area contributed by atoms with Gasteiger partial charge in [0.15, 0.2) is 0 Å². The number of aromatic nitrogens is 1. The first-order valence-corrected chi connectivity index (χ1v) is 6.18. The maximum Gasteiger partial charge on any atom is 0.0361 e. The molecule has 1 aromatic heterocycles. The molecule has 1 N–H and O–H groups in total. The van der Waals surface area contributed by atoms with E-state index in [9.17, 15) is 0 Å². The van der Waals surface area contributed by atoms with Crippen molar-refractivity contribution in [2.24, 2.45) is 5.92 Å². The summed E-state index contributed by atoms with van der Waals surface area (Å²) < 4.78 is 2.29. The summed E-state index contributed by atoms with van der Waals surface area (Å²) in [4.78, 5) is 2.22. The van der Waals surface area contributed by atoms with Gasteiger partial charge in [-0.1, -0.05) is 0 Å². The van der Waals surface area contributed by atoms with Gasteiger partial charge in [0, 0.05) is 31.5 Å². The molecule has 0 bridgehead atoms. The van der Waals surface area contributed by atoms with E-state index in [1.54, 1.807) is 0 Å². The molecule has 16 heavy (non-hydrogen) atoms. The van der Waals surface area contributed by atoms with E-state index in [1.807, 2.05) is 0 Å². The lowest BCUT2D eigenvalue weighted by Gasteiger charge is -2.13. The molecule has 1 aromatic rings. The Kier molecular flexibility index (Phi) is 3.66. The number of rotatable bonds is 6. The van der Waals surface area contributed by atoms with Crippen molar-refractivity contribution in [3.8, 4) is 0 Å². The molecule has 0 radical (unpaired) electrons. The van der Waals surface area contributed by atoms with Crippen LogP contribution in [0.5, 0.6) is 0 Å². The molecule has 1 atom stereocenters. The molecule has 0 aliphatic heterocycles. The molecular weight excluding hydrogens is 198 g/mol. The van der Waals surface area contributed by atoms with Crippen molar-refractivity contribution in [2.75, 3.05) is 27.7 Å². The summed E-state index contributed by atoms with van der Waals surface area (Å²) in [5, 5.41) is 3.43. The van der Waals surface area contributed by atoms with E-state index in [2.05, 4.69) is 54.4 Å². The molecule has 0 saturated heterocycles. The van der Waals surface area contributed by atoms with Gasteiger partial charge in [-0.05, 0) is 51.5 Å². The summed E-state index contributed by atoms with van der Waals surface area (Å²) in [5.74, 6) is 0.870. The predicted octanol–water partition coefficient (Wildman–Crippen LogP) is 1.72. The van der Waals surface area contributed by atoms with Gasteiger partial charge in [0.1, 0.15) is 0 Å². The zero-order chi connectivity index (χ0) is 11.5. The van der Waals surface area contributed by atoms with E-state index in [0.717, 1.165) is 19.0 Å². The third-order valence-electron chi connectivity index (χ3n) is 3.34. The highest BCUT2D eigenvalue weighted by Crippen LogP contribution is 2.40. The number of nitrogens with zero attached hydrogens (tertiary/aromatic N) is 2. The molecular formula is C13H23N3. The maximum absolute atomic E-state index is 3.43. The van der Waals surface area contributed by atoms with Crippen LogP contribution in [0.4, 0.5) is 0 Å². The van der Waals surface area contributed by atoms with Gasteiger partial charge >= 0.3 is 0 Å². The second-order valence-corrected chi connectivity index (χ2v) is 5.09. The highest BCUT2D eigenvalue weighted by Gasteiger charge is 2.31. The Morgan fingerprint density at radius 3 is 2.81 bits per heavy atom. The normalized spacial score (nSPS) is 18.0. The van der Waals surface area contributed by atoms with Crippen LogP contribution < -0.4 is 5.32 Å². The highest BCUT2D eigenvalue weighted by atomic mass is 15.1. The average Bonchev–Trinajstić information content (AvgIpc) is 2.96. The lowest BCUT2D eigenvalue weighted by Crippen LogP contribution is -2.19. The van der Waals surface area contributed by atoms with Crippen molar-refractivity contribution in [1.29, 1.82) is 0 Å². The fourth-order valence-corrected chi connectivity index (χ4v) is 2.20. The lowest BCUT2D eigenvalue weighted by atomic mass is 10.1. The van der Waals surface area contributed by atoms with Gasteiger partial charge in [0.05, 0.1) is 0 Å². The van der Waals surface area contributed by atoms with Crippen LogP contribution in [0.15, 0.2) is 18.5 Å². The Morgan fingerprint density at radius 2 is 2.25 bits per heavy atom. The minimum Gasteiger partial charge on any atom is -0.353 e. The van der Waals surface area contributed by atoms with Crippen molar-refractivity contribution in [3.63, 3.8) is 0 Å².